The smallest absolute Gasteiger partial charge is 0.199 e. The molecule has 1 aliphatic carbocycles. The quantitative estimate of drug-likeness (QED) is 0.419. The van der Waals surface area contributed by atoms with Gasteiger partial charge in [-0.05, 0) is 60.7 Å². The Kier molecular flexibility index (Phi) is 6.30. The molecule has 4 rings (SSSR count). The normalized spacial score (nSPS) is 16.3. The van der Waals surface area contributed by atoms with Gasteiger partial charge in [0.2, 0.25) is 0 Å². The Labute approximate surface area is 202 Å². The number of nitrogens with zero attached hydrogens (tertiary/aromatic N) is 2. The van der Waals surface area contributed by atoms with Gasteiger partial charge in [-0.1, -0.05) is 56.1 Å². The van der Waals surface area contributed by atoms with Crippen LogP contribution in [0.3, 0.4) is 0 Å². The Morgan fingerprint density at radius 2 is 0.875 bits per heavy atom. The third-order valence-corrected chi connectivity index (χ3v) is 8.21. The molecule has 162 valence electrons. The highest BCUT2D eigenvalue weighted by Gasteiger charge is 2.22. The van der Waals surface area contributed by atoms with E-state index in [-0.39, 0.29) is 21.2 Å². The molecular formula is C22H14Br2N2O4S2. The minimum Gasteiger partial charge on any atom is -0.199 e. The molecule has 6 nitrogen and oxygen atoms in total. The summed E-state index contributed by atoms with van der Waals surface area (Å²) in [6.45, 7) is 0. The van der Waals surface area contributed by atoms with E-state index < -0.39 is 20.0 Å². The van der Waals surface area contributed by atoms with Gasteiger partial charge >= 0.3 is 0 Å². The van der Waals surface area contributed by atoms with Gasteiger partial charge in [0.15, 0.2) is 0 Å². The molecule has 0 heterocycles. The lowest BCUT2D eigenvalue weighted by Gasteiger charge is -2.15. The highest BCUT2D eigenvalue weighted by Crippen LogP contribution is 2.24. The first-order chi connectivity index (χ1) is 15.2. The molecule has 0 fully saturated rings. The van der Waals surface area contributed by atoms with E-state index in [4.69, 9.17) is 0 Å². The van der Waals surface area contributed by atoms with Crippen molar-refractivity contribution in [3.63, 3.8) is 0 Å². The lowest BCUT2D eigenvalue weighted by molar-refractivity contribution is 0.596. The number of halogens is 2. The molecule has 3 aromatic rings. The number of hydrogen-bond acceptors (Lipinski definition) is 4. The van der Waals surface area contributed by atoms with Crippen molar-refractivity contribution in [2.45, 2.75) is 9.79 Å². The second-order valence-electron chi connectivity index (χ2n) is 6.69. The van der Waals surface area contributed by atoms with Gasteiger partial charge in [-0.3, -0.25) is 0 Å². The van der Waals surface area contributed by atoms with E-state index in [1.54, 1.807) is 48.5 Å². The predicted octanol–water partition coefficient (Wildman–Crippen LogP) is 5.14. The Bertz CT molecular complexity index is 1380. The van der Waals surface area contributed by atoms with Crippen LogP contribution in [0.15, 0.2) is 112 Å². The fourth-order valence-electron chi connectivity index (χ4n) is 3.00. The van der Waals surface area contributed by atoms with Gasteiger partial charge in [0, 0.05) is 20.1 Å². The van der Waals surface area contributed by atoms with Crippen LogP contribution in [0.4, 0.5) is 0 Å². The molecule has 0 atom stereocenters. The van der Waals surface area contributed by atoms with Crippen molar-refractivity contribution in [3.05, 3.63) is 105 Å². The minimum atomic E-state index is -3.97. The first-order valence-corrected chi connectivity index (χ1v) is 13.6. The summed E-state index contributed by atoms with van der Waals surface area (Å²) in [5, 5.41) is 0. The van der Waals surface area contributed by atoms with E-state index in [0.29, 0.717) is 11.1 Å². The summed E-state index contributed by atoms with van der Waals surface area (Å²) in [5.41, 5.74) is 1.34. The fourth-order valence-corrected chi connectivity index (χ4v) is 5.54. The minimum absolute atomic E-state index is 0.0522. The van der Waals surface area contributed by atoms with E-state index in [1.165, 1.54) is 36.4 Å². The van der Waals surface area contributed by atoms with Gasteiger partial charge in [-0.25, -0.2) is 0 Å². The Hall–Kier alpha value is -2.40. The van der Waals surface area contributed by atoms with Crippen molar-refractivity contribution in [2.24, 2.45) is 8.80 Å². The lowest BCUT2D eigenvalue weighted by atomic mass is 9.94. The zero-order chi connectivity index (χ0) is 22.9. The maximum Gasteiger partial charge on any atom is 0.282 e. The molecule has 0 aliphatic heterocycles. The van der Waals surface area contributed by atoms with E-state index in [2.05, 4.69) is 40.7 Å². The predicted molar refractivity (Wildman–Crippen MR) is 131 cm³/mol. The number of benzene rings is 3. The molecule has 0 saturated heterocycles. The summed E-state index contributed by atoms with van der Waals surface area (Å²) < 4.78 is 60.6. The molecule has 0 saturated carbocycles. The largest absolute Gasteiger partial charge is 0.282 e. The highest BCUT2D eigenvalue weighted by atomic mass is 79.9. The maximum absolute atomic E-state index is 12.8. The van der Waals surface area contributed by atoms with Crippen LogP contribution in [0.5, 0.6) is 0 Å². The Morgan fingerprint density at radius 3 is 1.22 bits per heavy atom. The summed E-state index contributed by atoms with van der Waals surface area (Å²) in [5.74, 6) is 0. The van der Waals surface area contributed by atoms with Crippen molar-refractivity contribution in [1.29, 1.82) is 0 Å². The van der Waals surface area contributed by atoms with Crippen molar-refractivity contribution in [1.82, 2.24) is 0 Å². The lowest BCUT2D eigenvalue weighted by Crippen LogP contribution is -2.16. The molecule has 1 aliphatic rings. The van der Waals surface area contributed by atoms with Crippen molar-refractivity contribution in [3.8, 4) is 0 Å². The van der Waals surface area contributed by atoms with Crippen LogP contribution < -0.4 is 0 Å². The maximum atomic E-state index is 12.8. The number of allylic oxidation sites excluding steroid dienone is 2. The van der Waals surface area contributed by atoms with E-state index in [0.717, 1.165) is 8.95 Å². The van der Waals surface area contributed by atoms with Crippen molar-refractivity contribution < 1.29 is 16.8 Å². The van der Waals surface area contributed by atoms with Gasteiger partial charge in [0.1, 0.15) is 0 Å². The van der Waals surface area contributed by atoms with Gasteiger partial charge in [-0.2, -0.15) is 25.6 Å². The topological polar surface area (TPSA) is 93.0 Å². The van der Waals surface area contributed by atoms with Crippen LogP contribution in [0.2, 0.25) is 0 Å². The van der Waals surface area contributed by atoms with Gasteiger partial charge in [0.05, 0.1) is 21.2 Å². The summed E-state index contributed by atoms with van der Waals surface area (Å²) in [7, 11) is -7.93. The third kappa shape index (κ3) is 4.83. The van der Waals surface area contributed by atoms with Crippen LogP contribution in [0, 0.1) is 0 Å². The Balaban J connectivity index is 1.78. The first-order valence-electron chi connectivity index (χ1n) is 9.15. The third-order valence-electron chi connectivity index (χ3n) is 4.54. The molecule has 0 spiro atoms. The first kappa shape index (κ1) is 22.8. The van der Waals surface area contributed by atoms with Gasteiger partial charge in [-0.15, -0.1) is 0 Å². The molecule has 3 aromatic carbocycles. The number of hydrogen-bond donors (Lipinski definition) is 0. The van der Waals surface area contributed by atoms with Crippen LogP contribution in [-0.2, 0) is 20.0 Å². The monoisotopic (exact) mass is 592 g/mol. The molecule has 32 heavy (non-hydrogen) atoms. The van der Waals surface area contributed by atoms with E-state index in [1.807, 2.05) is 0 Å². The van der Waals surface area contributed by atoms with Crippen LogP contribution >= 0.6 is 31.9 Å². The van der Waals surface area contributed by atoms with Crippen LogP contribution in [0.25, 0.3) is 0 Å². The Morgan fingerprint density at radius 1 is 0.531 bits per heavy atom. The fraction of sp³-hybridized carbons (Fsp3) is 0. The van der Waals surface area contributed by atoms with Crippen LogP contribution in [0.1, 0.15) is 11.1 Å². The number of fused-ring (bicyclic) bond motifs is 1. The van der Waals surface area contributed by atoms with E-state index in [9.17, 15) is 16.8 Å². The zero-order valence-corrected chi connectivity index (χ0v) is 21.0. The van der Waals surface area contributed by atoms with Crippen molar-refractivity contribution in [2.75, 3.05) is 0 Å². The highest BCUT2D eigenvalue weighted by molar-refractivity contribution is 9.10. The molecule has 0 radical (unpaired) electrons. The molecule has 0 N–H and O–H groups in total. The molecule has 0 bridgehead atoms. The summed E-state index contributed by atoms with van der Waals surface area (Å²) >= 11 is 6.55. The summed E-state index contributed by atoms with van der Waals surface area (Å²) in [6, 6.07) is 19.1. The SMILES string of the molecule is O=S(=O)(N=C1C=CC(=NS(=O)(=O)c2ccc(Br)cc2)c2ccccc21)c1ccc(Br)cc1. The molecule has 10 heteroatoms. The molecule has 0 aromatic heterocycles. The zero-order valence-electron chi connectivity index (χ0n) is 16.2. The molecule has 0 amide bonds. The van der Waals surface area contributed by atoms with Crippen molar-refractivity contribution >= 4 is 63.3 Å². The standard InChI is InChI=1S/C22H14Br2N2O4S2/c23-15-5-9-17(10-6-15)31(27,28)25-21-13-14-22(20-4-2-1-3-19(20)21)26-32(29,30)18-11-7-16(24)8-12-18/h1-14H. The van der Waals surface area contributed by atoms with Gasteiger partial charge < -0.3 is 0 Å². The second kappa shape index (κ2) is 8.86. The average molecular weight is 594 g/mol. The molecular weight excluding hydrogens is 580 g/mol. The number of rotatable bonds is 4. The average Bonchev–Trinajstić information content (AvgIpc) is 2.76. The van der Waals surface area contributed by atoms with Gasteiger partial charge in [0.25, 0.3) is 20.0 Å². The van der Waals surface area contributed by atoms with E-state index >= 15 is 0 Å². The summed E-state index contributed by atoms with van der Waals surface area (Å²) in [6.07, 6.45) is 2.91. The summed E-state index contributed by atoms with van der Waals surface area (Å²) in [4.78, 5) is 0.104. The number of sulfonamides is 2. The second-order valence-corrected chi connectivity index (χ2v) is 11.7. The molecule has 0 unspecified atom stereocenters. The van der Waals surface area contributed by atoms with Crippen LogP contribution in [-0.4, -0.2) is 28.3 Å².